The van der Waals surface area contributed by atoms with Crippen molar-refractivity contribution in [1.82, 2.24) is 9.78 Å². The van der Waals surface area contributed by atoms with Crippen molar-refractivity contribution in [2.75, 3.05) is 5.32 Å². The van der Waals surface area contributed by atoms with Gasteiger partial charge in [-0.3, -0.25) is 4.68 Å². The number of hydrogen-bond acceptors (Lipinski definition) is 3. The van der Waals surface area contributed by atoms with E-state index >= 15 is 0 Å². The van der Waals surface area contributed by atoms with Gasteiger partial charge in [-0.05, 0) is 30.7 Å². The minimum atomic E-state index is -0.961. The van der Waals surface area contributed by atoms with Crippen LogP contribution in [0, 0.1) is 6.92 Å². The van der Waals surface area contributed by atoms with Crippen molar-refractivity contribution in [3.05, 3.63) is 45.7 Å². The van der Waals surface area contributed by atoms with Crippen LogP contribution in [0.2, 0.25) is 0 Å². The van der Waals surface area contributed by atoms with Gasteiger partial charge in [0.15, 0.2) is 0 Å². The molecule has 0 fully saturated rings. The van der Waals surface area contributed by atoms with Crippen molar-refractivity contribution in [1.29, 1.82) is 0 Å². The average Bonchev–Trinajstić information content (AvgIpc) is 2.72. The van der Waals surface area contributed by atoms with Crippen LogP contribution in [0.3, 0.4) is 0 Å². The highest BCUT2D eigenvalue weighted by molar-refractivity contribution is 9.10. The Morgan fingerprint density at radius 2 is 2.26 bits per heavy atom. The molecule has 1 heterocycles. The normalized spacial score (nSPS) is 10.5. The molecule has 0 saturated heterocycles. The van der Waals surface area contributed by atoms with E-state index in [9.17, 15) is 4.79 Å². The lowest BCUT2D eigenvalue weighted by atomic mass is 10.2. The average molecular weight is 324 g/mol. The fraction of sp³-hybridized carbons (Fsp3) is 0.231. The van der Waals surface area contributed by atoms with Crippen LogP contribution >= 0.6 is 15.9 Å². The zero-order chi connectivity index (χ0) is 14.0. The molecule has 0 unspecified atom stereocenters. The quantitative estimate of drug-likeness (QED) is 0.907. The fourth-order valence-electron chi connectivity index (χ4n) is 1.79. The molecule has 0 atom stereocenters. The third kappa shape index (κ3) is 2.96. The van der Waals surface area contributed by atoms with E-state index in [1.807, 2.05) is 25.1 Å². The Kier molecular flexibility index (Phi) is 3.90. The smallest absolute Gasteiger partial charge is 0.339 e. The first kappa shape index (κ1) is 13.6. The summed E-state index contributed by atoms with van der Waals surface area (Å²) >= 11 is 3.44. The molecule has 2 rings (SSSR count). The minimum absolute atomic E-state index is 0.226. The van der Waals surface area contributed by atoms with Gasteiger partial charge in [-0.2, -0.15) is 5.10 Å². The van der Waals surface area contributed by atoms with Crippen LogP contribution in [0.5, 0.6) is 0 Å². The molecule has 0 radical (unpaired) electrons. The molecule has 19 heavy (non-hydrogen) atoms. The number of carboxylic acid groups (broad SMARTS) is 1. The number of nitrogens with zero attached hydrogens (tertiary/aromatic N) is 2. The number of rotatable bonds is 4. The van der Waals surface area contributed by atoms with Gasteiger partial charge in [-0.1, -0.05) is 15.9 Å². The number of nitrogens with one attached hydrogen (secondary N) is 1. The van der Waals surface area contributed by atoms with Crippen LogP contribution in [0.4, 0.5) is 5.69 Å². The van der Waals surface area contributed by atoms with Crippen LogP contribution in [-0.2, 0) is 13.6 Å². The van der Waals surface area contributed by atoms with Gasteiger partial charge >= 0.3 is 5.97 Å². The topological polar surface area (TPSA) is 67.2 Å². The molecule has 0 aliphatic heterocycles. The summed E-state index contributed by atoms with van der Waals surface area (Å²) in [5.74, 6) is -0.961. The van der Waals surface area contributed by atoms with Crippen LogP contribution in [0.25, 0.3) is 0 Å². The summed E-state index contributed by atoms with van der Waals surface area (Å²) in [4.78, 5) is 11.1. The van der Waals surface area contributed by atoms with Crippen LogP contribution < -0.4 is 5.32 Å². The summed E-state index contributed by atoms with van der Waals surface area (Å²) in [5, 5.41) is 16.2. The second-order valence-electron chi connectivity index (χ2n) is 4.25. The number of halogens is 1. The Morgan fingerprint density at radius 1 is 1.53 bits per heavy atom. The van der Waals surface area contributed by atoms with Gasteiger partial charge < -0.3 is 10.4 Å². The van der Waals surface area contributed by atoms with Crippen molar-refractivity contribution in [3.63, 3.8) is 0 Å². The van der Waals surface area contributed by atoms with Crippen LogP contribution in [0.1, 0.15) is 21.6 Å². The number of aryl methyl sites for hydroxylation is 2. The number of benzene rings is 1. The predicted molar refractivity (Wildman–Crippen MR) is 76.4 cm³/mol. The molecule has 2 N–H and O–H groups in total. The molecule has 1 aromatic carbocycles. The number of carbonyl (C=O) groups is 1. The molecule has 0 spiro atoms. The van der Waals surface area contributed by atoms with E-state index in [1.54, 1.807) is 11.7 Å². The van der Waals surface area contributed by atoms with E-state index in [4.69, 9.17) is 5.11 Å². The number of hydrogen-bond donors (Lipinski definition) is 2. The molecular formula is C13H14BrN3O2. The molecule has 0 aliphatic rings. The maximum atomic E-state index is 11.1. The van der Waals surface area contributed by atoms with E-state index in [2.05, 4.69) is 26.3 Å². The van der Waals surface area contributed by atoms with E-state index in [0.717, 1.165) is 15.7 Å². The summed E-state index contributed by atoms with van der Waals surface area (Å²) in [6.07, 6.45) is 1.37. The SMILES string of the molecule is Cc1cc(NCc2c(C(=O)O)cnn2C)ccc1Br. The highest BCUT2D eigenvalue weighted by Gasteiger charge is 2.14. The Morgan fingerprint density at radius 3 is 2.89 bits per heavy atom. The first-order chi connectivity index (χ1) is 8.99. The number of aromatic carboxylic acids is 1. The second-order valence-corrected chi connectivity index (χ2v) is 5.11. The van der Waals surface area contributed by atoms with Gasteiger partial charge in [0.25, 0.3) is 0 Å². The molecule has 0 saturated carbocycles. The highest BCUT2D eigenvalue weighted by atomic mass is 79.9. The van der Waals surface area contributed by atoms with Crippen molar-refractivity contribution < 1.29 is 9.90 Å². The summed E-state index contributed by atoms with van der Waals surface area (Å²) in [6, 6.07) is 5.90. The third-order valence-electron chi connectivity index (χ3n) is 2.91. The zero-order valence-electron chi connectivity index (χ0n) is 10.6. The van der Waals surface area contributed by atoms with Gasteiger partial charge in [0.05, 0.1) is 18.4 Å². The Hall–Kier alpha value is -1.82. The van der Waals surface area contributed by atoms with E-state index < -0.39 is 5.97 Å². The van der Waals surface area contributed by atoms with Crippen molar-refractivity contribution >= 4 is 27.6 Å². The molecule has 6 heteroatoms. The molecule has 2 aromatic rings. The largest absolute Gasteiger partial charge is 0.478 e. The fourth-order valence-corrected chi connectivity index (χ4v) is 2.04. The zero-order valence-corrected chi connectivity index (χ0v) is 12.2. The lowest BCUT2D eigenvalue weighted by molar-refractivity contribution is 0.0695. The third-order valence-corrected chi connectivity index (χ3v) is 3.80. The van der Waals surface area contributed by atoms with Crippen molar-refractivity contribution in [3.8, 4) is 0 Å². The molecular weight excluding hydrogens is 310 g/mol. The molecule has 100 valence electrons. The Bertz CT molecular complexity index is 622. The Balaban J connectivity index is 2.16. The van der Waals surface area contributed by atoms with Gasteiger partial charge in [0, 0.05) is 17.2 Å². The maximum Gasteiger partial charge on any atom is 0.339 e. The highest BCUT2D eigenvalue weighted by Crippen LogP contribution is 2.20. The summed E-state index contributed by atoms with van der Waals surface area (Å²) in [6.45, 7) is 2.42. The number of anilines is 1. The van der Waals surface area contributed by atoms with E-state index in [1.165, 1.54) is 6.20 Å². The summed E-state index contributed by atoms with van der Waals surface area (Å²) in [7, 11) is 1.73. The molecule has 0 amide bonds. The first-order valence-electron chi connectivity index (χ1n) is 5.73. The maximum absolute atomic E-state index is 11.1. The first-order valence-corrected chi connectivity index (χ1v) is 6.52. The number of carboxylic acids is 1. The second kappa shape index (κ2) is 5.44. The molecule has 0 aliphatic carbocycles. The standard InChI is InChI=1S/C13H14BrN3O2/c1-8-5-9(3-4-11(8)14)15-7-12-10(13(18)19)6-16-17(12)2/h3-6,15H,7H2,1-2H3,(H,18,19). The molecule has 1 aromatic heterocycles. The monoisotopic (exact) mass is 323 g/mol. The van der Waals surface area contributed by atoms with E-state index in [0.29, 0.717) is 12.2 Å². The van der Waals surface area contributed by atoms with Crippen LogP contribution in [0.15, 0.2) is 28.9 Å². The van der Waals surface area contributed by atoms with Crippen molar-refractivity contribution in [2.45, 2.75) is 13.5 Å². The van der Waals surface area contributed by atoms with Gasteiger partial charge in [0.1, 0.15) is 5.56 Å². The predicted octanol–water partition coefficient (Wildman–Crippen LogP) is 2.80. The summed E-state index contributed by atoms with van der Waals surface area (Å²) in [5.41, 5.74) is 2.93. The van der Waals surface area contributed by atoms with E-state index in [-0.39, 0.29) is 5.56 Å². The lowest BCUT2D eigenvalue weighted by Crippen LogP contribution is -2.10. The molecule has 0 bridgehead atoms. The summed E-state index contributed by atoms with van der Waals surface area (Å²) < 4.78 is 2.62. The van der Waals surface area contributed by atoms with Crippen LogP contribution in [-0.4, -0.2) is 20.9 Å². The van der Waals surface area contributed by atoms with Gasteiger partial charge in [-0.25, -0.2) is 4.79 Å². The van der Waals surface area contributed by atoms with Gasteiger partial charge in [0.2, 0.25) is 0 Å². The minimum Gasteiger partial charge on any atom is -0.478 e. The van der Waals surface area contributed by atoms with Gasteiger partial charge in [-0.15, -0.1) is 0 Å². The number of aromatic nitrogens is 2. The van der Waals surface area contributed by atoms with Crippen molar-refractivity contribution in [2.24, 2.45) is 7.05 Å². The molecule has 5 nitrogen and oxygen atoms in total. The lowest BCUT2D eigenvalue weighted by Gasteiger charge is -2.09. The Labute approximate surface area is 119 Å².